The molecule has 0 aliphatic carbocycles. The molecule has 3 aromatic rings. The van der Waals surface area contributed by atoms with Gasteiger partial charge < -0.3 is 14.6 Å². The molecule has 0 spiro atoms. The number of para-hydroxylation sites is 1. The molecule has 1 unspecified atom stereocenters. The minimum absolute atomic E-state index is 0.0831. The van der Waals surface area contributed by atoms with Crippen molar-refractivity contribution in [1.29, 1.82) is 0 Å². The summed E-state index contributed by atoms with van der Waals surface area (Å²) in [5, 5.41) is 10.7. The third kappa shape index (κ3) is 5.18. The Hall–Kier alpha value is -2.69. The van der Waals surface area contributed by atoms with Crippen molar-refractivity contribution in [2.24, 2.45) is 0 Å². The van der Waals surface area contributed by atoms with Gasteiger partial charge in [0, 0.05) is 22.0 Å². The van der Waals surface area contributed by atoms with E-state index in [9.17, 15) is 9.90 Å². The molecule has 3 rings (SSSR count). The van der Waals surface area contributed by atoms with Crippen molar-refractivity contribution in [2.45, 2.75) is 19.4 Å². The van der Waals surface area contributed by atoms with E-state index in [-0.39, 0.29) is 6.42 Å². The minimum atomic E-state index is -1.11. The van der Waals surface area contributed by atoms with Crippen LogP contribution in [0.1, 0.15) is 11.1 Å². The Bertz CT molecular complexity index is 974. The first-order valence-electron chi connectivity index (χ1n) is 8.59. The highest BCUT2D eigenvalue weighted by molar-refractivity contribution is 6.31. The molecule has 6 heteroatoms. The quantitative estimate of drug-likeness (QED) is 0.500. The Labute approximate surface area is 173 Å². The van der Waals surface area contributed by atoms with Gasteiger partial charge in [-0.1, -0.05) is 41.4 Å². The van der Waals surface area contributed by atoms with E-state index in [4.69, 9.17) is 32.7 Å². The summed E-state index contributed by atoms with van der Waals surface area (Å²) < 4.78 is 11.6. The Kier molecular flexibility index (Phi) is 6.45. The van der Waals surface area contributed by atoms with E-state index >= 15 is 0 Å². The van der Waals surface area contributed by atoms with Crippen LogP contribution >= 0.6 is 23.2 Å². The predicted octanol–water partition coefficient (Wildman–Crippen LogP) is 6.17. The highest BCUT2D eigenvalue weighted by Crippen LogP contribution is 2.30. The third-order valence-electron chi connectivity index (χ3n) is 4.08. The summed E-state index contributed by atoms with van der Waals surface area (Å²) >= 11 is 12.1. The fourth-order valence-corrected chi connectivity index (χ4v) is 2.97. The SMILES string of the molecule is Cc1cc(OC(Cc2cc(Cl)ccc2Oc2ccccc2)C(=O)O)ccc1Cl. The number of hydrogen-bond donors (Lipinski definition) is 1. The fourth-order valence-electron chi connectivity index (χ4n) is 2.66. The van der Waals surface area contributed by atoms with Crippen LogP contribution in [-0.2, 0) is 11.2 Å². The first-order chi connectivity index (χ1) is 13.4. The number of carbonyl (C=O) groups is 1. The molecule has 28 heavy (non-hydrogen) atoms. The van der Waals surface area contributed by atoms with Gasteiger partial charge in [-0.3, -0.25) is 0 Å². The summed E-state index contributed by atoms with van der Waals surface area (Å²) in [6, 6.07) is 19.4. The van der Waals surface area contributed by atoms with Crippen LogP contribution in [0.2, 0.25) is 10.0 Å². The highest BCUT2D eigenvalue weighted by atomic mass is 35.5. The molecule has 0 saturated heterocycles. The Morgan fingerprint density at radius 1 is 1.00 bits per heavy atom. The Morgan fingerprint density at radius 3 is 2.43 bits per heavy atom. The zero-order chi connectivity index (χ0) is 20.1. The molecule has 0 radical (unpaired) electrons. The average molecular weight is 417 g/mol. The molecule has 1 atom stereocenters. The lowest BCUT2D eigenvalue weighted by Crippen LogP contribution is -2.29. The smallest absolute Gasteiger partial charge is 0.345 e. The van der Waals surface area contributed by atoms with Crippen molar-refractivity contribution in [3.8, 4) is 17.2 Å². The molecule has 4 nitrogen and oxygen atoms in total. The molecule has 0 aliphatic rings. The van der Waals surface area contributed by atoms with Gasteiger partial charge in [-0.25, -0.2) is 4.79 Å². The van der Waals surface area contributed by atoms with E-state index in [0.29, 0.717) is 32.9 Å². The van der Waals surface area contributed by atoms with Gasteiger partial charge in [-0.15, -0.1) is 0 Å². The maximum atomic E-state index is 11.8. The summed E-state index contributed by atoms with van der Waals surface area (Å²) in [7, 11) is 0. The summed E-state index contributed by atoms with van der Waals surface area (Å²) in [5.74, 6) is 0.519. The van der Waals surface area contributed by atoms with Crippen LogP contribution in [0.15, 0.2) is 66.7 Å². The Balaban J connectivity index is 1.85. The molecule has 144 valence electrons. The maximum Gasteiger partial charge on any atom is 0.345 e. The number of rotatable bonds is 7. The third-order valence-corrected chi connectivity index (χ3v) is 4.74. The molecule has 0 heterocycles. The van der Waals surface area contributed by atoms with Gasteiger partial charge in [-0.2, -0.15) is 0 Å². The largest absolute Gasteiger partial charge is 0.478 e. The lowest BCUT2D eigenvalue weighted by Gasteiger charge is -2.18. The number of ether oxygens (including phenoxy) is 2. The lowest BCUT2D eigenvalue weighted by atomic mass is 10.1. The van der Waals surface area contributed by atoms with E-state index in [2.05, 4.69) is 0 Å². The second-order valence-corrected chi connectivity index (χ2v) is 7.07. The monoisotopic (exact) mass is 416 g/mol. The van der Waals surface area contributed by atoms with Crippen LogP contribution in [0.25, 0.3) is 0 Å². The summed E-state index contributed by atoms with van der Waals surface area (Å²) in [6.07, 6.45) is -1.03. The van der Waals surface area contributed by atoms with Gasteiger partial charge in [0.25, 0.3) is 0 Å². The zero-order valence-electron chi connectivity index (χ0n) is 15.1. The molecule has 1 N–H and O–H groups in total. The first kappa shape index (κ1) is 20.1. The van der Waals surface area contributed by atoms with Crippen LogP contribution in [0, 0.1) is 6.92 Å². The molecular formula is C22H18Cl2O4. The van der Waals surface area contributed by atoms with Gasteiger partial charge >= 0.3 is 5.97 Å². The molecular weight excluding hydrogens is 399 g/mol. The van der Waals surface area contributed by atoms with Gasteiger partial charge in [0.05, 0.1) is 0 Å². The van der Waals surface area contributed by atoms with E-state index in [1.54, 1.807) is 36.4 Å². The lowest BCUT2D eigenvalue weighted by molar-refractivity contribution is -0.145. The van der Waals surface area contributed by atoms with E-state index in [1.807, 2.05) is 37.3 Å². The van der Waals surface area contributed by atoms with Gasteiger partial charge in [0.15, 0.2) is 6.10 Å². The van der Waals surface area contributed by atoms with Gasteiger partial charge in [0.1, 0.15) is 17.2 Å². The van der Waals surface area contributed by atoms with Crippen LogP contribution in [0.5, 0.6) is 17.2 Å². The maximum absolute atomic E-state index is 11.8. The van der Waals surface area contributed by atoms with Crippen molar-refractivity contribution in [3.05, 3.63) is 87.9 Å². The molecule has 0 amide bonds. The Morgan fingerprint density at radius 2 is 1.75 bits per heavy atom. The normalized spacial score (nSPS) is 11.7. The topological polar surface area (TPSA) is 55.8 Å². The number of carboxylic acid groups (broad SMARTS) is 1. The standard InChI is InChI=1S/C22H18Cl2O4/c1-14-11-18(8-9-19(14)24)28-21(22(25)26)13-15-12-16(23)7-10-20(15)27-17-5-3-2-4-6-17/h2-12,21H,13H2,1H3,(H,25,26). The van der Waals surface area contributed by atoms with Crippen LogP contribution in [0.4, 0.5) is 0 Å². The number of hydrogen-bond acceptors (Lipinski definition) is 3. The van der Waals surface area contributed by atoms with E-state index in [1.165, 1.54) is 0 Å². The fraction of sp³-hybridized carbons (Fsp3) is 0.136. The van der Waals surface area contributed by atoms with E-state index < -0.39 is 12.1 Å². The first-order valence-corrected chi connectivity index (χ1v) is 9.35. The molecule has 3 aromatic carbocycles. The molecule has 0 aromatic heterocycles. The van der Waals surface area contributed by atoms with Crippen LogP contribution in [0.3, 0.4) is 0 Å². The average Bonchev–Trinajstić information content (AvgIpc) is 2.67. The molecule has 0 aliphatic heterocycles. The van der Waals surface area contributed by atoms with Crippen molar-refractivity contribution in [2.75, 3.05) is 0 Å². The summed E-state index contributed by atoms with van der Waals surface area (Å²) in [6.45, 7) is 1.83. The van der Waals surface area contributed by atoms with Crippen LogP contribution < -0.4 is 9.47 Å². The second-order valence-electron chi connectivity index (χ2n) is 6.23. The number of carboxylic acids is 1. The van der Waals surface area contributed by atoms with Crippen molar-refractivity contribution >= 4 is 29.2 Å². The predicted molar refractivity (Wildman–Crippen MR) is 110 cm³/mol. The second kappa shape index (κ2) is 9.00. The minimum Gasteiger partial charge on any atom is -0.478 e. The van der Waals surface area contributed by atoms with Crippen LogP contribution in [-0.4, -0.2) is 17.2 Å². The molecule has 0 fully saturated rings. The molecule has 0 bridgehead atoms. The summed E-state index contributed by atoms with van der Waals surface area (Å²) in [4.78, 5) is 11.8. The number of aryl methyl sites for hydroxylation is 1. The summed E-state index contributed by atoms with van der Waals surface area (Å²) in [5.41, 5.74) is 1.44. The molecule has 0 saturated carbocycles. The van der Waals surface area contributed by atoms with Gasteiger partial charge in [0.2, 0.25) is 0 Å². The number of halogens is 2. The van der Waals surface area contributed by atoms with Crippen molar-refractivity contribution < 1.29 is 19.4 Å². The van der Waals surface area contributed by atoms with Gasteiger partial charge in [-0.05, 0) is 61.0 Å². The highest BCUT2D eigenvalue weighted by Gasteiger charge is 2.23. The number of benzene rings is 3. The van der Waals surface area contributed by atoms with Crippen molar-refractivity contribution in [3.63, 3.8) is 0 Å². The van der Waals surface area contributed by atoms with E-state index in [0.717, 1.165) is 5.56 Å². The number of aliphatic carboxylic acids is 1. The zero-order valence-corrected chi connectivity index (χ0v) is 16.6. The van der Waals surface area contributed by atoms with Crippen molar-refractivity contribution in [1.82, 2.24) is 0 Å².